The molecule has 0 aliphatic carbocycles. The van der Waals surface area contributed by atoms with Gasteiger partial charge < -0.3 is 4.98 Å². The van der Waals surface area contributed by atoms with E-state index in [-0.39, 0.29) is 5.69 Å². The molecule has 0 aliphatic rings. The van der Waals surface area contributed by atoms with Crippen molar-refractivity contribution in [2.75, 3.05) is 0 Å². The van der Waals surface area contributed by atoms with Crippen LogP contribution < -0.4 is 5.69 Å². The summed E-state index contributed by atoms with van der Waals surface area (Å²) in [7, 11) is 0. The van der Waals surface area contributed by atoms with Gasteiger partial charge in [-0.25, -0.2) is 4.79 Å². The Bertz CT molecular complexity index is 827. The van der Waals surface area contributed by atoms with E-state index in [1.165, 1.54) is 0 Å². The third-order valence-corrected chi connectivity index (χ3v) is 4.35. The molecule has 3 aromatic rings. The smallest absolute Gasteiger partial charge is 0.304 e. The summed E-state index contributed by atoms with van der Waals surface area (Å²) in [5.41, 5.74) is 2.81. The minimum atomic E-state index is -0.366. The van der Waals surface area contributed by atoms with Gasteiger partial charge in [-0.2, -0.15) is 4.98 Å². The van der Waals surface area contributed by atoms with Gasteiger partial charge in [0.1, 0.15) is 0 Å². The molecule has 0 bridgehead atoms. The second-order valence-corrected chi connectivity index (χ2v) is 6.16. The molecule has 0 spiro atoms. The number of halogens is 2. The summed E-state index contributed by atoms with van der Waals surface area (Å²) < 4.78 is 1.76. The number of benzene rings is 2. The summed E-state index contributed by atoms with van der Waals surface area (Å²) in [6.07, 6.45) is 0. The molecule has 21 heavy (non-hydrogen) atoms. The molecule has 0 saturated heterocycles. The summed E-state index contributed by atoms with van der Waals surface area (Å²) in [5, 5.41) is 0. The molecule has 0 atom stereocenters. The number of nitrogens with one attached hydrogen (secondary N) is 1. The molecule has 0 aliphatic heterocycles. The Morgan fingerprint density at radius 1 is 0.857 bits per heavy atom. The second kappa shape index (κ2) is 5.95. The first kappa shape index (κ1) is 14.2. The Labute approximate surface area is 138 Å². The highest BCUT2D eigenvalue weighted by atomic mass is 79.9. The Morgan fingerprint density at radius 2 is 1.52 bits per heavy atom. The molecule has 0 radical (unpaired) electrons. The molecular weight excluding hydrogens is 396 g/mol. The summed E-state index contributed by atoms with van der Waals surface area (Å²) in [4.78, 5) is 18.8. The van der Waals surface area contributed by atoms with Crippen LogP contribution in [0.3, 0.4) is 0 Å². The van der Waals surface area contributed by atoms with Crippen LogP contribution in [0.2, 0.25) is 0 Å². The molecule has 3 nitrogen and oxygen atoms in total. The zero-order chi connectivity index (χ0) is 14.8. The van der Waals surface area contributed by atoms with Gasteiger partial charge in [0.25, 0.3) is 0 Å². The van der Waals surface area contributed by atoms with Crippen LogP contribution in [0.4, 0.5) is 0 Å². The van der Waals surface area contributed by atoms with Gasteiger partial charge in [-0.3, -0.25) is 0 Å². The Morgan fingerprint density at radius 3 is 2.19 bits per heavy atom. The van der Waals surface area contributed by atoms with Gasteiger partial charge in [0.2, 0.25) is 0 Å². The normalized spacial score (nSPS) is 10.6. The average Bonchev–Trinajstić information content (AvgIpc) is 2.51. The largest absolute Gasteiger partial charge is 0.346 e. The van der Waals surface area contributed by atoms with Crippen molar-refractivity contribution in [2.45, 2.75) is 0 Å². The number of H-pyrrole nitrogens is 1. The van der Waals surface area contributed by atoms with E-state index in [0.717, 1.165) is 25.8 Å². The fourth-order valence-electron chi connectivity index (χ4n) is 2.06. The number of rotatable bonds is 2. The van der Waals surface area contributed by atoms with Gasteiger partial charge >= 0.3 is 5.69 Å². The molecule has 0 saturated carbocycles. The Balaban J connectivity index is 2.21. The van der Waals surface area contributed by atoms with E-state index in [4.69, 9.17) is 0 Å². The van der Waals surface area contributed by atoms with Gasteiger partial charge in [-0.15, -0.1) is 0 Å². The number of hydrogen-bond donors (Lipinski definition) is 1. The standard InChI is InChI=1S/C16H10Br2N2O/c17-12-8-6-11(7-9-12)15-13(18)14(19-16(21)20-15)10-4-2-1-3-5-10/h1-9H,(H,19,20,21). The summed E-state index contributed by atoms with van der Waals surface area (Å²) in [6.45, 7) is 0. The third-order valence-electron chi connectivity index (χ3n) is 3.05. The lowest BCUT2D eigenvalue weighted by Gasteiger charge is -2.09. The first-order valence-corrected chi connectivity index (χ1v) is 7.85. The van der Waals surface area contributed by atoms with E-state index in [1.807, 2.05) is 54.6 Å². The number of aromatic nitrogens is 2. The van der Waals surface area contributed by atoms with Crippen molar-refractivity contribution in [2.24, 2.45) is 0 Å². The predicted octanol–water partition coefficient (Wildman–Crippen LogP) is 4.63. The zero-order valence-electron chi connectivity index (χ0n) is 10.8. The van der Waals surface area contributed by atoms with E-state index in [2.05, 4.69) is 41.8 Å². The molecule has 0 unspecified atom stereocenters. The third kappa shape index (κ3) is 2.99. The van der Waals surface area contributed by atoms with Crippen LogP contribution in [0.25, 0.3) is 22.5 Å². The van der Waals surface area contributed by atoms with E-state index in [0.29, 0.717) is 5.69 Å². The van der Waals surface area contributed by atoms with Crippen LogP contribution in [0.15, 0.2) is 68.3 Å². The van der Waals surface area contributed by atoms with Crippen LogP contribution in [-0.4, -0.2) is 9.97 Å². The highest BCUT2D eigenvalue weighted by molar-refractivity contribution is 9.11. The summed E-state index contributed by atoms with van der Waals surface area (Å²) >= 11 is 6.97. The topological polar surface area (TPSA) is 45.8 Å². The lowest BCUT2D eigenvalue weighted by atomic mass is 10.1. The van der Waals surface area contributed by atoms with Crippen LogP contribution >= 0.6 is 31.9 Å². The Kier molecular flexibility index (Phi) is 4.03. The van der Waals surface area contributed by atoms with Gasteiger partial charge in [-0.1, -0.05) is 58.4 Å². The fourth-order valence-corrected chi connectivity index (χ4v) is 2.97. The van der Waals surface area contributed by atoms with Gasteiger partial charge in [0.15, 0.2) is 0 Å². The van der Waals surface area contributed by atoms with Crippen LogP contribution in [0.5, 0.6) is 0 Å². The molecule has 0 fully saturated rings. The number of hydrogen-bond acceptors (Lipinski definition) is 2. The minimum Gasteiger partial charge on any atom is -0.304 e. The maximum absolute atomic E-state index is 11.9. The summed E-state index contributed by atoms with van der Waals surface area (Å²) in [5.74, 6) is 0. The first-order chi connectivity index (χ1) is 10.1. The second-order valence-electron chi connectivity index (χ2n) is 4.45. The maximum Gasteiger partial charge on any atom is 0.346 e. The molecule has 3 rings (SSSR count). The lowest BCUT2D eigenvalue weighted by Crippen LogP contribution is -2.13. The Hall–Kier alpha value is -1.72. The monoisotopic (exact) mass is 404 g/mol. The fraction of sp³-hybridized carbons (Fsp3) is 0. The summed E-state index contributed by atoms with van der Waals surface area (Å²) in [6, 6.07) is 17.4. The van der Waals surface area contributed by atoms with E-state index in [1.54, 1.807) is 0 Å². The molecule has 1 heterocycles. The van der Waals surface area contributed by atoms with E-state index < -0.39 is 0 Å². The number of nitrogens with zero attached hydrogens (tertiary/aromatic N) is 1. The molecule has 1 aromatic heterocycles. The molecule has 104 valence electrons. The van der Waals surface area contributed by atoms with Crippen molar-refractivity contribution in [1.82, 2.24) is 9.97 Å². The van der Waals surface area contributed by atoms with Crippen LogP contribution in [0.1, 0.15) is 0 Å². The minimum absolute atomic E-state index is 0.366. The van der Waals surface area contributed by atoms with Gasteiger partial charge in [0, 0.05) is 10.0 Å². The number of aromatic amines is 1. The van der Waals surface area contributed by atoms with Gasteiger partial charge in [0.05, 0.1) is 15.9 Å². The first-order valence-electron chi connectivity index (χ1n) is 6.26. The lowest BCUT2D eigenvalue weighted by molar-refractivity contribution is 1.07. The van der Waals surface area contributed by atoms with Crippen LogP contribution in [-0.2, 0) is 0 Å². The van der Waals surface area contributed by atoms with Crippen LogP contribution in [0, 0.1) is 0 Å². The van der Waals surface area contributed by atoms with Gasteiger partial charge in [-0.05, 0) is 33.6 Å². The maximum atomic E-state index is 11.9. The van der Waals surface area contributed by atoms with Crippen molar-refractivity contribution in [3.63, 3.8) is 0 Å². The highest BCUT2D eigenvalue weighted by Crippen LogP contribution is 2.32. The quantitative estimate of drug-likeness (QED) is 0.675. The average molecular weight is 406 g/mol. The predicted molar refractivity (Wildman–Crippen MR) is 91.1 cm³/mol. The highest BCUT2D eigenvalue weighted by Gasteiger charge is 2.13. The molecule has 5 heteroatoms. The van der Waals surface area contributed by atoms with Crippen molar-refractivity contribution in [1.29, 1.82) is 0 Å². The SMILES string of the molecule is O=c1nc(-c2ccccc2)c(Br)c(-c2ccc(Br)cc2)[nH]1. The zero-order valence-corrected chi connectivity index (χ0v) is 14.0. The van der Waals surface area contributed by atoms with Crippen molar-refractivity contribution >= 4 is 31.9 Å². The van der Waals surface area contributed by atoms with Crippen molar-refractivity contribution in [3.05, 3.63) is 74.0 Å². The molecular formula is C16H10Br2N2O. The molecule has 1 N–H and O–H groups in total. The van der Waals surface area contributed by atoms with Crippen molar-refractivity contribution < 1.29 is 0 Å². The van der Waals surface area contributed by atoms with E-state index >= 15 is 0 Å². The molecule has 2 aromatic carbocycles. The van der Waals surface area contributed by atoms with E-state index in [9.17, 15) is 4.79 Å². The van der Waals surface area contributed by atoms with Crippen molar-refractivity contribution in [3.8, 4) is 22.5 Å². The molecule has 0 amide bonds.